The Hall–Kier alpha value is -1.84. The molecule has 0 aliphatic carbocycles. The topological polar surface area (TPSA) is 31.6 Å². The lowest BCUT2D eigenvalue weighted by atomic mass is 9.97. The van der Waals surface area contributed by atoms with Gasteiger partial charge in [0, 0.05) is 12.5 Å². The molecule has 4 heteroatoms. The molecule has 0 saturated heterocycles. The van der Waals surface area contributed by atoms with Crippen LogP contribution < -0.4 is 14.9 Å². The van der Waals surface area contributed by atoms with Crippen LogP contribution in [0.25, 0.3) is 0 Å². The molecule has 1 aromatic carbocycles. The minimum absolute atomic E-state index is 0.572. The maximum Gasteiger partial charge on any atom is 0.284 e. The Morgan fingerprint density at radius 2 is 1.72 bits per heavy atom. The molecule has 2 rings (SSSR count). The molecule has 0 bridgehead atoms. The molecule has 2 aromatic rings. The first-order chi connectivity index (χ1) is 8.74. The van der Waals surface area contributed by atoms with Gasteiger partial charge < -0.3 is 13.9 Å². The van der Waals surface area contributed by atoms with Crippen LogP contribution in [0.3, 0.4) is 0 Å². The summed E-state index contributed by atoms with van der Waals surface area (Å²) in [5.41, 5.74) is 1.24. The van der Waals surface area contributed by atoms with Crippen LogP contribution in [0.1, 0.15) is 12.2 Å². The summed E-state index contributed by atoms with van der Waals surface area (Å²) in [5.74, 6) is 2.33. The average Bonchev–Trinajstić information content (AvgIpc) is 2.77. The van der Waals surface area contributed by atoms with Crippen LogP contribution in [-0.2, 0) is 0 Å². The van der Waals surface area contributed by atoms with Crippen molar-refractivity contribution in [2.45, 2.75) is 13.3 Å². The zero-order valence-corrected chi connectivity index (χ0v) is 10.8. The number of aryl methyl sites for hydroxylation is 1. The van der Waals surface area contributed by atoms with Gasteiger partial charge in [0.1, 0.15) is 19.4 Å². The van der Waals surface area contributed by atoms with E-state index in [4.69, 9.17) is 13.9 Å². The monoisotopic (exact) mass is 244 g/mol. The number of furan rings is 1. The van der Waals surface area contributed by atoms with Gasteiger partial charge in [-0.1, -0.05) is 17.6 Å². The van der Waals surface area contributed by atoms with Crippen LogP contribution in [0.5, 0.6) is 11.7 Å². The van der Waals surface area contributed by atoms with Crippen LogP contribution >= 0.6 is 0 Å². The number of ether oxygens (including phenoxy) is 2. The lowest BCUT2D eigenvalue weighted by Crippen LogP contribution is -2.06. The molecule has 0 atom stereocenters. The van der Waals surface area contributed by atoms with Crippen molar-refractivity contribution < 1.29 is 13.9 Å². The van der Waals surface area contributed by atoms with Gasteiger partial charge in [0.2, 0.25) is 0 Å². The van der Waals surface area contributed by atoms with Crippen LogP contribution in [0.4, 0.5) is 0 Å². The van der Waals surface area contributed by atoms with Crippen molar-refractivity contribution in [3.05, 3.63) is 42.2 Å². The highest BCUT2D eigenvalue weighted by atomic mass is 16.6. The molecule has 18 heavy (non-hydrogen) atoms. The van der Waals surface area contributed by atoms with Crippen LogP contribution in [0.15, 0.2) is 40.8 Å². The van der Waals surface area contributed by atoms with Gasteiger partial charge in [-0.3, -0.25) is 0 Å². The molecule has 0 saturated carbocycles. The van der Waals surface area contributed by atoms with Gasteiger partial charge in [0.25, 0.3) is 5.95 Å². The number of benzene rings is 1. The van der Waals surface area contributed by atoms with Gasteiger partial charge in [-0.2, -0.15) is 0 Å². The van der Waals surface area contributed by atoms with Gasteiger partial charge in [-0.25, -0.2) is 0 Å². The quantitative estimate of drug-likeness (QED) is 0.572. The number of hydrogen-bond acceptors (Lipinski definition) is 3. The van der Waals surface area contributed by atoms with Crippen molar-refractivity contribution >= 4 is 13.3 Å². The minimum Gasteiger partial charge on any atom is -0.493 e. The largest absolute Gasteiger partial charge is 0.493 e. The zero-order chi connectivity index (χ0) is 12.8. The van der Waals surface area contributed by atoms with E-state index in [1.165, 1.54) is 5.46 Å². The Morgan fingerprint density at radius 3 is 2.39 bits per heavy atom. The molecule has 3 nitrogen and oxygen atoms in total. The minimum atomic E-state index is 0.572. The smallest absolute Gasteiger partial charge is 0.284 e. The lowest BCUT2D eigenvalue weighted by Gasteiger charge is -2.06. The van der Waals surface area contributed by atoms with Crippen LogP contribution in [0, 0.1) is 6.92 Å². The molecule has 0 fully saturated rings. The zero-order valence-electron chi connectivity index (χ0n) is 10.8. The van der Waals surface area contributed by atoms with E-state index >= 15 is 0 Å². The summed E-state index contributed by atoms with van der Waals surface area (Å²) in [6.45, 7) is 3.13. The molecule has 1 aromatic heterocycles. The fourth-order valence-electron chi connectivity index (χ4n) is 1.55. The summed E-state index contributed by atoms with van der Waals surface area (Å²) >= 11 is 0. The summed E-state index contributed by atoms with van der Waals surface area (Å²) in [6, 6.07) is 11.8. The van der Waals surface area contributed by atoms with E-state index in [9.17, 15) is 0 Å². The van der Waals surface area contributed by atoms with Crippen LogP contribution in [0.2, 0.25) is 0 Å². The van der Waals surface area contributed by atoms with Crippen LogP contribution in [-0.4, -0.2) is 21.1 Å². The number of rotatable bonds is 6. The average molecular weight is 244 g/mol. The second-order valence-electron chi connectivity index (χ2n) is 4.23. The molecule has 0 radical (unpaired) electrons. The third-order valence-electron chi connectivity index (χ3n) is 2.54. The maximum absolute atomic E-state index is 5.59. The molecule has 0 aliphatic rings. The molecular formula is C14H17BO3. The third-order valence-corrected chi connectivity index (χ3v) is 2.54. The van der Waals surface area contributed by atoms with Crippen molar-refractivity contribution in [2.24, 2.45) is 0 Å². The van der Waals surface area contributed by atoms with E-state index in [0.29, 0.717) is 19.2 Å². The normalized spacial score (nSPS) is 10.3. The number of hydrogen-bond donors (Lipinski definition) is 0. The predicted molar refractivity (Wildman–Crippen MR) is 73.7 cm³/mol. The first-order valence-electron chi connectivity index (χ1n) is 6.13. The van der Waals surface area contributed by atoms with Crippen molar-refractivity contribution in [3.63, 3.8) is 0 Å². The molecule has 94 valence electrons. The summed E-state index contributed by atoms with van der Waals surface area (Å²) in [4.78, 5) is 0. The van der Waals surface area contributed by atoms with Crippen molar-refractivity contribution in [1.82, 2.24) is 0 Å². The first kappa shape index (κ1) is 12.6. The Balaban J connectivity index is 1.63. The highest BCUT2D eigenvalue weighted by Gasteiger charge is 1.99. The molecule has 0 aliphatic heterocycles. The van der Waals surface area contributed by atoms with E-state index in [0.717, 1.165) is 17.9 Å². The second-order valence-corrected chi connectivity index (χ2v) is 4.23. The highest BCUT2D eigenvalue weighted by molar-refractivity contribution is 6.32. The summed E-state index contributed by atoms with van der Waals surface area (Å²) in [7, 11) is 2.06. The van der Waals surface area contributed by atoms with E-state index in [1.807, 2.05) is 43.3 Å². The summed E-state index contributed by atoms with van der Waals surface area (Å²) < 4.78 is 16.3. The molecule has 0 unspecified atom stereocenters. The van der Waals surface area contributed by atoms with Crippen molar-refractivity contribution in [1.29, 1.82) is 0 Å². The molecule has 0 spiro atoms. The first-order valence-corrected chi connectivity index (χ1v) is 6.13. The molecular weight excluding hydrogens is 227 g/mol. The van der Waals surface area contributed by atoms with E-state index in [-0.39, 0.29) is 0 Å². The lowest BCUT2D eigenvalue weighted by molar-refractivity contribution is 0.208. The Kier molecular flexibility index (Phi) is 4.34. The van der Waals surface area contributed by atoms with Crippen molar-refractivity contribution in [3.8, 4) is 11.7 Å². The third kappa shape index (κ3) is 3.88. The fourth-order valence-corrected chi connectivity index (χ4v) is 1.55. The van der Waals surface area contributed by atoms with Gasteiger partial charge in [-0.05, 0) is 25.1 Å². The Bertz CT molecular complexity index is 476. The van der Waals surface area contributed by atoms with E-state index < -0.39 is 0 Å². The molecule has 0 N–H and O–H groups in total. The van der Waals surface area contributed by atoms with Gasteiger partial charge in [0.15, 0.2) is 0 Å². The predicted octanol–water partition coefficient (Wildman–Crippen LogP) is 1.69. The second kappa shape index (κ2) is 6.19. The van der Waals surface area contributed by atoms with E-state index in [2.05, 4.69) is 7.85 Å². The Labute approximate surface area is 108 Å². The fraction of sp³-hybridized carbons (Fsp3) is 0.286. The molecule has 0 amide bonds. The van der Waals surface area contributed by atoms with Crippen molar-refractivity contribution in [2.75, 3.05) is 13.2 Å². The van der Waals surface area contributed by atoms with Gasteiger partial charge >= 0.3 is 0 Å². The van der Waals surface area contributed by atoms with Gasteiger partial charge in [-0.15, -0.1) is 0 Å². The SMILES string of the molecule is Bc1ccc(OCCCOc2ccc(C)o2)cc1. The molecule has 1 heterocycles. The standard InChI is InChI=1S/C14H17BO3/c1-11-3-8-14(18-11)17-10-2-9-16-13-6-4-12(15)5-7-13/h3-8H,2,9-10,15H2,1H3. The van der Waals surface area contributed by atoms with Gasteiger partial charge in [0.05, 0.1) is 13.2 Å². The van der Waals surface area contributed by atoms with E-state index in [1.54, 1.807) is 0 Å². The Morgan fingerprint density at radius 1 is 1.00 bits per heavy atom. The summed E-state index contributed by atoms with van der Waals surface area (Å²) in [5, 5.41) is 0. The highest BCUT2D eigenvalue weighted by Crippen LogP contribution is 2.14. The maximum atomic E-state index is 5.59. The summed E-state index contributed by atoms with van der Waals surface area (Å²) in [6.07, 6.45) is 0.827.